The van der Waals surface area contributed by atoms with Crippen LogP contribution in [0.15, 0.2) is 23.6 Å². The zero-order chi connectivity index (χ0) is 15.6. The number of hydrogen-bond acceptors (Lipinski definition) is 5. The fraction of sp³-hybridized carbons (Fsp3) is 0.250. The Morgan fingerprint density at radius 1 is 1.26 bits per heavy atom. The van der Waals surface area contributed by atoms with E-state index in [1.54, 1.807) is 17.4 Å². The van der Waals surface area contributed by atoms with E-state index >= 15 is 0 Å². The molecule has 0 radical (unpaired) electrons. The molecule has 4 rings (SSSR count). The Morgan fingerprint density at radius 3 is 2.91 bits per heavy atom. The molecule has 1 aliphatic rings. The van der Waals surface area contributed by atoms with Gasteiger partial charge in [0.05, 0.1) is 10.7 Å². The molecule has 1 N–H and O–H groups in total. The molecule has 0 atom stereocenters. The smallest absolute Gasteiger partial charge is 0.206 e. The number of aromatic amines is 1. The summed E-state index contributed by atoms with van der Waals surface area (Å²) in [4.78, 5) is 4.62. The topological polar surface area (TPSA) is 67.3 Å². The molecule has 1 aliphatic carbocycles. The van der Waals surface area contributed by atoms with E-state index in [0.29, 0.717) is 22.3 Å². The van der Waals surface area contributed by atoms with Crippen LogP contribution in [0.25, 0.3) is 11.4 Å². The molecule has 0 spiro atoms. The molecule has 114 valence electrons. The molecular weight excluding hydrogens is 330 g/mol. The number of aromatic nitrogens is 5. The van der Waals surface area contributed by atoms with E-state index < -0.39 is 0 Å². The summed E-state index contributed by atoms with van der Waals surface area (Å²) in [7, 11) is 0. The first-order valence-electron chi connectivity index (χ1n) is 7.30. The van der Waals surface area contributed by atoms with E-state index in [4.69, 9.17) is 11.6 Å². The number of halogens is 1. The minimum Gasteiger partial charge on any atom is -0.232 e. The van der Waals surface area contributed by atoms with Gasteiger partial charge in [-0.2, -0.15) is 5.21 Å². The van der Waals surface area contributed by atoms with Crippen LogP contribution >= 0.6 is 22.9 Å². The highest BCUT2D eigenvalue weighted by molar-refractivity contribution is 7.10. The van der Waals surface area contributed by atoms with Gasteiger partial charge >= 0.3 is 0 Å². The van der Waals surface area contributed by atoms with E-state index in [9.17, 15) is 0 Å². The van der Waals surface area contributed by atoms with E-state index in [1.165, 1.54) is 25.0 Å². The number of benzene rings is 1. The number of hydrogen-bond donors (Lipinski definition) is 1. The maximum atomic E-state index is 6.19. The highest BCUT2D eigenvalue weighted by Gasteiger charge is 2.21. The summed E-state index contributed by atoms with van der Waals surface area (Å²) in [5.74, 6) is 7.36. The van der Waals surface area contributed by atoms with Crippen LogP contribution in [0, 0.1) is 11.8 Å². The van der Waals surface area contributed by atoms with E-state index in [2.05, 4.69) is 42.8 Å². The van der Waals surface area contributed by atoms with Crippen LogP contribution in [0.4, 0.5) is 0 Å². The molecule has 7 heteroatoms. The van der Waals surface area contributed by atoms with Crippen LogP contribution in [0.1, 0.15) is 41.4 Å². The van der Waals surface area contributed by atoms with Crippen molar-refractivity contribution >= 4 is 22.9 Å². The van der Waals surface area contributed by atoms with Crippen molar-refractivity contribution in [3.8, 4) is 23.2 Å². The average Bonchev–Trinajstić information content (AvgIpc) is 3.16. The Hall–Kier alpha value is -2.23. The second kappa shape index (κ2) is 6.11. The Kier molecular flexibility index (Phi) is 3.82. The predicted octanol–water partition coefficient (Wildman–Crippen LogP) is 3.64. The van der Waals surface area contributed by atoms with Crippen molar-refractivity contribution in [2.24, 2.45) is 0 Å². The number of rotatable bonds is 2. The third-order valence-electron chi connectivity index (χ3n) is 3.91. The Bertz CT molecular complexity index is 887. The van der Waals surface area contributed by atoms with Crippen molar-refractivity contribution in [2.45, 2.75) is 25.2 Å². The van der Waals surface area contributed by atoms with Crippen molar-refractivity contribution in [3.05, 3.63) is 44.9 Å². The highest BCUT2D eigenvalue weighted by Crippen LogP contribution is 2.36. The number of nitrogens with one attached hydrogen (secondary N) is 1. The van der Waals surface area contributed by atoms with E-state index in [-0.39, 0.29) is 0 Å². The van der Waals surface area contributed by atoms with Gasteiger partial charge in [-0.3, -0.25) is 0 Å². The van der Waals surface area contributed by atoms with Gasteiger partial charge in [0.25, 0.3) is 0 Å². The molecule has 2 aromatic heterocycles. The Labute approximate surface area is 142 Å². The van der Waals surface area contributed by atoms with E-state index in [0.717, 1.165) is 10.6 Å². The van der Waals surface area contributed by atoms with Crippen LogP contribution in [-0.4, -0.2) is 25.6 Å². The van der Waals surface area contributed by atoms with Crippen LogP contribution in [-0.2, 0) is 0 Å². The largest absolute Gasteiger partial charge is 0.232 e. The molecule has 1 fully saturated rings. The molecule has 3 aromatic rings. The lowest BCUT2D eigenvalue weighted by atomic mass is 9.83. The molecule has 23 heavy (non-hydrogen) atoms. The first kappa shape index (κ1) is 14.4. The van der Waals surface area contributed by atoms with E-state index in [1.807, 2.05) is 12.1 Å². The molecule has 1 aromatic carbocycles. The van der Waals surface area contributed by atoms with Gasteiger partial charge < -0.3 is 0 Å². The van der Waals surface area contributed by atoms with Crippen molar-refractivity contribution in [2.75, 3.05) is 0 Å². The lowest BCUT2D eigenvalue weighted by Crippen LogP contribution is -2.08. The zero-order valence-electron chi connectivity index (χ0n) is 12.1. The second-order valence-corrected chi connectivity index (χ2v) is 6.65. The van der Waals surface area contributed by atoms with Crippen molar-refractivity contribution in [1.29, 1.82) is 0 Å². The normalized spacial score (nSPS) is 14.1. The SMILES string of the molecule is Clc1ccc(C#Cc2nc(C3CCC3)cs2)cc1-c1nn[nH]n1. The van der Waals surface area contributed by atoms with Crippen molar-refractivity contribution in [3.63, 3.8) is 0 Å². The number of thiazole rings is 1. The first-order chi connectivity index (χ1) is 11.3. The summed E-state index contributed by atoms with van der Waals surface area (Å²) in [5.41, 5.74) is 2.74. The van der Waals surface area contributed by atoms with Gasteiger partial charge in [0, 0.05) is 22.4 Å². The molecule has 0 saturated heterocycles. The molecule has 0 amide bonds. The third-order valence-corrected chi connectivity index (χ3v) is 5.02. The summed E-state index contributed by atoms with van der Waals surface area (Å²) >= 11 is 7.79. The minimum atomic E-state index is 0.458. The first-order valence-corrected chi connectivity index (χ1v) is 8.56. The van der Waals surface area contributed by atoms with Crippen molar-refractivity contribution < 1.29 is 0 Å². The molecule has 0 bridgehead atoms. The third kappa shape index (κ3) is 2.98. The van der Waals surface area contributed by atoms with Gasteiger partial charge in [-0.1, -0.05) is 23.9 Å². The lowest BCUT2D eigenvalue weighted by molar-refractivity contribution is 0.412. The molecular formula is C16H12ClN5S. The van der Waals surface area contributed by atoms with Gasteiger partial charge in [-0.05, 0) is 42.2 Å². The lowest BCUT2D eigenvalue weighted by Gasteiger charge is -2.22. The quantitative estimate of drug-likeness (QED) is 0.722. The Balaban J connectivity index is 1.60. The number of H-pyrrole nitrogens is 1. The maximum absolute atomic E-state index is 6.19. The molecule has 2 heterocycles. The number of tetrazole rings is 1. The van der Waals surface area contributed by atoms with Crippen LogP contribution in [0.5, 0.6) is 0 Å². The minimum absolute atomic E-state index is 0.458. The summed E-state index contributed by atoms with van der Waals surface area (Å²) < 4.78 is 0. The summed E-state index contributed by atoms with van der Waals surface area (Å²) in [6.45, 7) is 0. The van der Waals surface area contributed by atoms with Crippen molar-refractivity contribution in [1.82, 2.24) is 25.6 Å². The summed E-state index contributed by atoms with van der Waals surface area (Å²) in [5, 5.41) is 17.4. The fourth-order valence-corrected chi connectivity index (χ4v) is 3.36. The van der Waals surface area contributed by atoms with Crippen LogP contribution in [0.3, 0.4) is 0 Å². The predicted molar refractivity (Wildman–Crippen MR) is 89.3 cm³/mol. The van der Waals surface area contributed by atoms with Gasteiger partial charge in [-0.25, -0.2) is 4.98 Å². The maximum Gasteiger partial charge on any atom is 0.206 e. The Morgan fingerprint density at radius 2 is 2.17 bits per heavy atom. The molecule has 0 aliphatic heterocycles. The molecule has 5 nitrogen and oxygen atoms in total. The van der Waals surface area contributed by atoms with Crippen LogP contribution in [0.2, 0.25) is 5.02 Å². The second-order valence-electron chi connectivity index (χ2n) is 5.39. The van der Waals surface area contributed by atoms with Gasteiger partial charge in [0.1, 0.15) is 0 Å². The summed E-state index contributed by atoms with van der Waals surface area (Å²) in [6.07, 6.45) is 3.82. The average molecular weight is 342 g/mol. The molecule has 0 unspecified atom stereocenters. The molecule has 1 saturated carbocycles. The fourth-order valence-electron chi connectivity index (χ4n) is 2.41. The standard InChI is InChI=1S/C16H12ClN5S/c17-13-6-4-10(8-12(13)16-19-21-22-20-16)5-7-15-18-14(9-23-15)11-2-1-3-11/h4,6,8-9,11H,1-3H2,(H,19,20,21,22). The van der Waals surface area contributed by atoms with Gasteiger partial charge in [-0.15, -0.1) is 21.5 Å². The zero-order valence-corrected chi connectivity index (χ0v) is 13.7. The number of nitrogens with zero attached hydrogens (tertiary/aromatic N) is 4. The van der Waals surface area contributed by atoms with Crippen LogP contribution < -0.4 is 0 Å². The highest BCUT2D eigenvalue weighted by atomic mass is 35.5. The van der Waals surface area contributed by atoms with Gasteiger partial charge in [0.15, 0.2) is 5.01 Å². The monoisotopic (exact) mass is 341 g/mol. The van der Waals surface area contributed by atoms with Gasteiger partial charge in [0.2, 0.25) is 5.82 Å². The summed E-state index contributed by atoms with van der Waals surface area (Å²) in [6, 6.07) is 5.53.